The van der Waals surface area contributed by atoms with E-state index >= 15 is 0 Å². The average molecular weight is 329 g/mol. The summed E-state index contributed by atoms with van der Waals surface area (Å²) < 4.78 is 17.9. The third kappa shape index (κ3) is 2.46. The summed E-state index contributed by atoms with van der Waals surface area (Å²) in [4.78, 5) is 12.4. The van der Waals surface area contributed by atoms with Crippen molar-refractivity contribution in [2.75, 3.05) is 5.32 Å². The van der Waals surface area contributed by atoms with Gasteiger partial charge in [-0.2, -0.15) is 0 Å². The predicted octanol–water partition coefficient (Wildman–Crippen LogP) is 3.62. The molecular weight excluding hydrogens is 306 g/mol. The monoisotopic (exact) mass is 329 g/mol. The van der Waals surface area contributed by atoms with Crippen molar-refractivity contribution in [2.45, 2.75) is 69.4 Å². The summed E-state index contributed by atoms with van der Waals surface area (Å²) >= 11 is 0. The Balaban J connectivity index is 1.23. The van der Waals surface area contributed by atoms with Gasteiger partial charge in [0.2, 0.25) is 5.91 Å². The summed E-state index contributed by atoms with van der Waals surface area (Å²) in [6, 6.07) is 5.68. The minimum atomic E-state index is -0.453. The second-order valence-corrected chi connectivity index (χ2v) is 7.61. The molecule has 1 spiro atoms. The van der Waals surface area contributed by atoms with Gasteiger partial charge < -0.3 is 19.5 Å². The van der Waals surface area contributed by atoms with Crippen molar-refractivity contribution in [3.63, 3.8) is 0 Å². The highest BCUT2D eigenvalue weighted by Gasteiger charge is 2.44. The number of rotatable bonds is 3. The summed E-state index contributed by atoms with van der Waals surface area (Å²) in [5.74, 6) is 1.52. The number of carbonyl (C=O) groups excluding carboxylic acids is 1. The highest BCUT2D eigenvalue weighted by atomic mass is 16.7. The van der Waals surface area contributed by atoms with Gasteiger partial charge in [0.05, 0.1) is 12.2 Å². The van der Waals surface area contributed by atoms with Gasteiger partial charge in [0, 0.05) is 31.0 Å². The van der Waals surface area contributed by atoms with E-state index in [1.54, 1.807) is 0 Å². The van der Waals surface area contributed by atoms with E-state index < -0.39 is 5.79 Å². The number of hydrogen-bond acceptors (Lipinski definition) is 4. The van der Waals surface area contributed by atoms with Gasteiger partial charge >= 0.3 is 0 Å². The molecule has 3 unspecified atom stereocenters. The number of anilines is 1. The molecule has 128 valence electrons. The molecule has 3 aliphatic heterocycles. The molecule has 2 bridgehead atoms. The number of ether oxygens (including phenoxy) is 3. The first kappa shape index (κ1) is 14.6. The lowest BCUT2D eigenvalue weighted by Gasteiger charge is -2.21. The molecule has 5 rings (SSSR count). The molecule has 3 fully saturated rings. The van der Waals surface area contributed by atoms with Crippen LogP contribution in [0.3, 0.4) is 0 Å². The van der Waals surface area contributed by atoms with E-state index in [0.29, 0.717) is 24.5 Å². The summed E-state index contributed by atoms with van der Waals surface area (Å²) in [6.07, 6.45) is 8.68. The first-order chi connectivity index (χ1) is 11.7. The number of benzene rings is 1. The Kier molecular flexibility index (Phi) is 3.27. The van der Waals surface area contributed by atoms with E-state index in [1.807, 2.05) is 18.2 Å². The second-order valence-electron chi connectivity index (χ2n) is 7.61. The van der Waals surface area contributed by atoms with Crippen LogP contribution >= 0.6 is 0 Å². The topological polar surface area (TPSA) is 56.8 Å². The van der Waals surface area contributed by atoms with Gasteiger partial charge in [-0.3, -0.25) is 4.79 Å². The Morgan fingerprint density at radius 2 is 2.00 bits per heavy atom. The lowest BCUT2D eigenvalue weighted by molar-refractivity contribution is -0.117. The quantitative estimate of drug-likeness (QED) is 0.920. The largest absolute Gasteiger partial charge is 0.448 e. The Labute approximate surface area is 141 Å². The highest BCUT2D eigenvalue weighted by Crippen LogP contribution is 2.47. The third-order valence-electron chi connectivity index (χ3n) is 5.86. The molecular formula is C19H23NO4. The fraction of sp³-hybridized carbons (Fsp3) is 0.632. The van der Waals surface area contributed by atoms with E-state index in [1.165, 1.54) is 0 Å². The van der Waals surface area contributed by atoms with Crippen LogP contribution in [0.15, 0.2) is 18.2 Å². The standard InChI is InChI=1S/C19H23NO4/c21-18(10-12-9-14-4-6-15(12)22-14)20-13-3-5-16-17(11-13)24-19(23-16)7-1-2-8-19/h3,5,11-12,14-15H,1-2,4,6-10H2,(H,20,21). The zero-order chi connectivity index (χ0) is 16.1. The van der Waals surface area contributed by atoms with Crippen molar-refractivity contribution < 1.29 is 19.0 Å². The zero-order valence-corrected chi connectivity index (χ0v) is 13.8. The van der Waals surface area contributed by atoms with Crippen LogP contribution in [0.1, 0.15) is 51.4 Å². The smallest absolute Gasteiger partial charge is 0.251 e. The fourth-order valence-electron chi connectivity index (χ4n) is 4.70. The molecule has 0 radical (unpaired) electrons. The molecule has 1 N–H and O–H groups in total. The lowest BCUT2D eigenvalue weighted by Crippen LogP contribution is -2.34. The normalized spacial score (nSPS) is 31.8. The number of fused-ring (bicyclic) bond motifs is 3. The van der Waals surface area contributed by atoms with E-state index in [4.69, 9.17) is 14.2 Å². The van der Waals surface area contributed by atoms with Crippen molar-refractivity contribution in [3.8, 4) is 11.5 Å². The Morgan fingerprint density at radius 3 is 2.75 bits per heavy atom. The van der Waals surface area contributed by atoms with E-state index in [0.717, 1.165) is 62.1 Å². The Hall–Kier alpha value is -1.75. The molecule has 5 nitrogen and oxygen atoms in total. The molecule has 3 heterocycles. The lowest BCUT2D eigenvalue weighted by atomic mass is 9.87. The number of nitrogens with one attached hydrogen (secondary N) is 1. The van der Waals surface area contributed by atoms with E-state index in [9.17, 15) is 4.79 Å². The molecule has 5 heteroatoms. The highest BCUT2D eigenvalue weighted by molar-refractivity contribution is 5.91. The summed E-state index contributed by atoms with van der Waals surface area (Å²) in [5, 5.41) is 3.01. The van der Waals surface area contributed by atoms with Crippen LogP contribution in [-0.2, 0) is 9.53 Å². The first-order valence-electron chi connectivity index (χ1n) is 9.17. The van der Waals surface area contributed by atoms with E-state index in [-0.39, 0.29) is 5.91 Å². The van der Waals surface area contributed by atoms with Gasteiger partial charge in [0.15, 0.2) is 11.5 Å². The molecule has 0 aromatic heterocycles. The van der Waals surface area contributed by atoms with Crippen molar-refractivity contribution in [1.29, 1.82) is 0 Å². The Bertz CT molecular complexity index is 667. The van der Waals surface area contributed by atoms with Gasteiger partial charge in [0.25, 0.3) is 5.79 Å². The van der Waals surface area contributed by atoms with Crippen LogP contribution in [0.2, 0.25) is 0 Å². The molecule has 1 aliphatic carbocycles. The van der Waals surface area contributed by atoms with Crippen LogP contribution < -0.4 is 14.8 Å². The van der Waals surface area contributed by atoms with Gasteiger partial charge in [0.1, 0.15) is 0 Å². The molecule has 1 aromatic carbocycles. The second kappa shape index (κ2) is 5.38. The summed E-state index contributed by atoms with van der Waals surface area (Å²) in [7, 11) is 0. The molecule has 2 saturated heterocycles. The van der Waals surface area contributed by atoms with Crippen molar-refractivity contribution in [1.82, 2.24) is 0 Å². The van der Waals surface area contributed by atoms with Crippen molar-refractivity contribution >= 4 is 11.6 Å². The number of carbonyl (C=O) groups is 1. The van der Waals surface area contributed by atoms with E-state index in [2.05, 4.69) is 5.32 Å². The Morgan fingerprint density at radius 1 is 1.17 bits per heavy atom. The van der Waals surface area contributed by atoms with Gasteiger partial charge in [-0.1, -0.05) is 0 Å². The van der Waals surface area contributed by atoms with Crippen LogP contribution in [0.25, 0.3) is 0 Å². The molecule has 1 aromatic rings. The van der Waals surface area contributed by atoms with Crippen LogP contribution in [0.5, 0.6) is 11.5 Å². The maximum Gasteiger partial charge on any atom is 0.251 e. The summed E-state index contributed by atoms with van der Waals surface area (Å²) in [5.41, 5.74) is 0.779. The number of amides is 1. The van der Waals surface area contributed by atoms with Crippen LogP contribution in [0.4, 0.5) is 5.69 Å². The maximum atomic E-state index is 12.4. The fourth-order valence-corrected chi connectivity index (χ4v) is 4.70. The minimum Gasteiger partial charge on any atom is -0.448 e. The van der Waals surface area contributed by atoms with Gasteiger partial charge in [-0.05, 0) is 50.2 Å². The van der Waals surface area contributed by atoms with Crippen molar-refractivity contribution in [2.24, 2.45) is 5.92 Å². The minimum absolute atomic E-state index is 0.0607. The summed E-state index contributed by atoms with van der Waals surface area (Å²) in [6.45, 7) is 0. The molecule has 24 heavy (non-hydrogen) atoms. The first-order valence-corrected chi connectivity index (χ1v) is 9.17. The van der Waals surface area contributed by atoms with Crippen molar-refractivity contribution in [3.05, 3.63) is 18.2 Å². The molecule has 1 saturated carbocycles. The number of hydrogen-bond donors (Lipinski definition) is 1. The van der Waals surface area contributed by atoms with Gasteiger partial charge in [-0.25, -0.2) is 0 Å². The average Bonchev–Trinajstić information content (AvgIpc) is 3.31. The zero-order valence-electron chi connectivity index (χ0n) is 13.8. The van der Waals surface area contributed by atoms with Crippen LogP contribution in [0, 0.1) is 5.92 Å². The van der Waals surface area contributed by atoms with Gasteiger partial charge in [-0.15, -0.1) is 0 Å². The molecule has 4 aliphatic rings. The third-order valence-corrected chi connectivity index (χ3v) is 5.86. The van der Waals surface area contributed by atoms with Crippen LogP contribution in [-0.4, -0.2) is 23.9 Å². The molecule has 1 amide bonds. The SMILES string of the molecule is O=C(CC1CC2CCC1O2)Nc1ccc2c(c1)OC1(CCCC1)O2. The molecule has 3 atom stereocenters. The maximum absolute atomic E-state index is 12.4. The predicted molar refractivity (Wildman–Crippen MR) is 88.1 cm³/mol.